The fourth-order valence-electron chi connectivity index (χ4n) is 1.64. The summed E-state index contributed by atoms with van der Waals surface area (Å²) in [5, 5.41) is 3.41. The summed E-state index contributed by atoms with van der Waals surface area (Å²) < 4.78 is 0.639. The van der Waals surface area contributed by atoms with Crippen molar-refractivity contribution in [3.63, 3.8) is 0 Å². The molecule has 2 aromatic rings. The number of halogens is 3. The molecule has 0 saturated heterocycles. The highest BCUT2D eigenvalue weighted by atomic mass is 79.9. The minimum atomic E-state index is -0.372. The van der Waals surface area contributed by atoms with Gasteiger partial charge in [-0.1, -0.05) is 47.6 Å². The molecule has 0 aliphatic heterocycles. The lowest BCUT2D eigenvalue weighted by atomic mass is 10.1. The van der Waals surface area contributed by atoms with Crippen LogP contribution in [0.5, 0.6) is 0 Å². The number of nitrogens with one attached hydrogen (secondary N) is 1. The lowest BCUT2D eigenvalue weighted by Gasteiger charge is -2.10. The molecule has 0 fully saturated rings. The Bertz CT molecular complexity index is 737. The molecule has 0 aliphatic carbocycles. The number of hydrogen-bond acceptors (Lipinski definition) is 2. The van der Waals surface area contributed by atoms with Gasteiger partial charge in [0.25, 0.3) is 5.91 Å². The molecule has 3 nitrogen and oxygen atoms in total. The van der Waals surface area contributed by atoms with Gasteiger partial charge < -0.3 is 11.1 Å². The molecule has 0 aromatic heterocycles. The second-order valence-electron chi connectivity index (χ2n) is 4.11. The summed E-state index contributed by atoms with van der Waals surface area (Å²) in [5.41, 5.74) is 6.94. The first kappa shape index (κ1) is 16.2. The van der Waals surface area contributed by atoms with Gasteiger partial charge in [-0.3, -0.25) is 4.79 Å². The Morgan fingerprint density at radius 2 is 1.95 bits per heavy atom. The van der Waals surface area contributed by atoms with Gasteiger partial charge in [0.1, 0.15) is 4.99 Å². The maximum atomic E-state index is 12.3. The zero-order valence-corrected chi connectivity index (χ0v) is 14.4. The lowest BCUT2D eigenvalue weighted by molar-refractivity contribution is 0.102. The van der Waals surface area contributed by atoms with Crippen molar-refractivity contribution in [2.24, 2.45) is 5.73 Å². The summed E-state index contributed by atoms with van der Waals surface area (Å²) in [6.07, 6.45) is 0. The van der Waals surface area contributed by atoms with Crippen LogP contribution in [0.15, 0.2) is 40.9 Å². The Hall–Kier alpha value is -1.14. The molecule has 108 valence electrons. The predicted octanol–water partition coefficient (Wildman–Crippen LogP) is 4.64. The monoisotopic (exact) mass is 402 g/mol. The van der Waals surface area contributed by atoms with Crippen LogP contribution in [0.4, 0.5) is 5.69 Å². The van der Waals surface area contributed by atoms with E-state index in [1.54, 1.807) is 36.4 Å². The molecule has 3 N–H and O–H groups in total. The third-order valence-corrected chi connectivity index (χ3v) is 4.56. The first-order chi connectivity index (χ1) is 9.90. The summed E-state index contributed by atoms with van der Waals surface area (Å²) >= 11 is 20.3. The van der Waals surface area contributed by atoms with Crippen LogP contribution in [-0.4, -0.2) is 10.9 Å². The van der Waals surface area contributed by atoms with Crippen LogP contribution < -0.4 is 11.1 Å². The van der Waals surface area contributed by atoms with E-state index >= 15 is 0 Å². The van der Waals surface area contributed by atoms with Crippen molar-refractivity contribution in [1.29, 1.82) is 0 Å². The van der Waals surface area contributed by atoms with Crippen LogP contribution in [-0.2, 0) is 0 Å². The number of carbonyl (C=O) groups is 1. The minimum absolute atomic E-state index is 0.225. The minimum Gasteiger partial charge on any atom is -0.389 e. The summed E-state index contributed by atoms with van der Waals surface area (Å²) in [4.78, 5) is 12.5. The van der Waals surface area contributed by atoms with Crippen LogP contribution in [0.2, 0.25) is 10.0 Å². The lowest BCUT2D eigenvalue weighted by Crippen LogP contribution is -2.14. The van der Waals surface area contributed by atoms with E-state index in [0.717, 1.165) is 0 Å². The molecule has 0 bridgehead atoms. The normalized spacial score (nSPS) is 10.2. The van der Waals surface area contributed by atoms with E-state index < -0.39 is 0 Å². The van der Waals surface area contributed by atoms with E-state index in [4.69, 9.17) is 41.2 Å². The fourth-order valence-corrected chi connectivity index (χ4v) is 2.51. The van der Waals surface area contributed by atoms with E-state index in [9.17, 15) is 4.79 Å². The van der Waals surface area contributed by atoms with Gasteiger partial charge in [-0.15, -0.1) is 0 Å². The Balaban J connectivity index is 2.33. The van der Waals surface area contributed by atoms with Gasteiger partial charge in [0.15, 0.2) is 0 Å². The number of hydrogen-bond donors (Lipinski definition) is 2. The number of anilines is 1. The maximum Gasteiger partial charge on any atom is 0.257 e. The van der Waals surface area contributed by atoms with Crippen molar-refractivity contribution in [2.75, 3.05) is 5.32 Å². The van der Waals surface area contributed by atoms with Crippen LogP contribution in [0.25, 0.3) is 0 Å². The summed E-state index contributed by atoms with van der Waals surface area (Å²) in [6, 6.07) is 10.0. The molecule has 7 heteroatoms. The molecule has 2 rings (SSSR count). The molecule has 0 atom stereocenters. The highest BCUT2D eigenvalue weighted by Crippen LogP contribution is 2.28. The van der Waals surface area contributed by atoms with Gasteiger partial charge in [-0.25, -0.2) is 0 Å². The van der Waals surface area contributed by atoms with Gasteiger partial charge >= 0.3 is 0 Å². The van der Waals surface area contributed by atoms with Crippen molar-refractivity contribution in [3.05, 3.63) is 62.0 Å². The summed E-state index contributed by atoms with van der Waals surface area (Å²) in [5.74, 6) is -0.372. The highest BCUT2D eigenvalue weighted by molar-refractivity contribution is 9.10. The molecular formula is C14H9BrCl2N2OS. The van der Waals surface area contributed by atoms with Crippen molar-refractivity contribution < 1.29 is 4.79 Å². The average Bonchev–Trinajstić information content (AvgIpc) is 2.43. The fraction of sp³-hybridized carbons (Fsp3) is 0. The number of benzene rings is 2. The number of rotatable bonds is 3. The highest BCUT2D eigenvalue weighted by Gasteiger charge is 2.14. The van der Waals surface area contributed by atoms with Crippen LogP contribution in [0.3, 0.4) is 0 Å². The Labute approximate surface area is 145 Å². The van der Waals surface area contributed by atoms with Gasteiger partial charge in [0.2, 0.25) is 0 Å². The van der Waals surface area contributed by atoms with E-state index in [2.05, 4.69) is 21.2 Å². The van der Waals surface area contributed by atoms with Crippen molar-refractivity contribution >= 4 is 67.9 Å². The molecule has 21 heavy (non-hydrogen) atoms. The predicted molar refractivity (Wildman–Crippen MR) is 94.4 cm³/mol. The van der Waals surface area contributed by atoms with Crippen LogP contribution >= 0.6 is 51.3 Å². The third kappa shape index (κ3) is 3.74. The van der Waals surface area contributed by atoms with Gasteiger partial charge in [-0.2, -0.15) is 0 Å². The van der Waals surface area contributed by atoms with Gasteiger partial charge in [0.05, 0.1) is 21.3 Å². The number of nitrogens with two attached hydrogens (primary N) is 1. The smallest absolute Gasteiger partial charge is 0.257 e. The molecule has 0 saturated carbocycles. The third-order valence-electron chi connectivity index (χ3n) is 2.70. The SMILES string of the molecule is NC(=S)c1ccc(Cl)c(NC(=O)c2cccc(Br)c2Cl)c1. The maximum absolute atomic E-state index is 12.3. The van der Waals surface area contributed by atoms with E-state index in [-0.39, 0.29) is 10.9 Å². The first-order valence-corrected chi connectivity index (χ1v) is 7.70. The van der Waals surface area contributed by atoms with Crippen LogP contribution in [0, 0.1) is 0 Å². The molecule has 0 unspecified atom stereocenters. The van der Waals surface area contributed by atoms with E-state index in [1.165, 1.54) is 0 Å². The Kier molecular flexibility index (Phi) is 5.22. The number of amides is 1. The zero-order valence-electron chi connectivity index (χ0n) is 10.5. The quantitative estimate of drug-likeness (QED) is 0.733. The van der Waals surface area contributed by atoms with Gasteiger partial charge in [-0.05, 0) is 40.2 Å². The second kappa shape index (κ2) is 6.75. The molecule has 2 aromatic carbocycles. The Morgan fingerprint density at radius 1 is 1.24 bits per heavy atom. The zero-order chi connectivity index (χ0) is 15.6. The molecular weight excluding hydrogens is 395 g/mol. The molecule has 0 radical (unpaired) electrons. The summed E-state index contributed by atoms with van der Waals surface area (Å²) in [6.45, 7) is 0. The Morgan fingerprint density at radius 3 is 2.62 bits per heavy atom. The van der Waals surface area contributed by atoms with Crippen molar-refractivity contribution in [3.8, 4) is 0 Å². The largest absolute Gasteiger partial charge is 0.389 e. The number of thiocarbonyl (C=S) groups is 1. The molecule has 0 aliphatic rings. The van der Waals surface area contributed by atoms with Crippen molar-refractivity contribution in [2.45, 2.75) is 0 Å². The van der Waals surface area contributed by atoms with E-state index in [0.29, 0.717) is 31.3 Å². The van der Waals surface area contributed by atoms with Crippen LogP contribution in [0.1, 0.15) is 15.9 Å². The topological polar surface area (TPSA) is 55.1 Å². The molecule has 1 amide bonds. The first-order valence-electron chi connectivity index (χ1n) is 5.75. The average molecular weight is 404 g/mol. The molecule has 0 heterocycles. The molecule has 0 spiro atoms. The van der Waals surface area contributed by atoms with Crippen molar-refractivity contribution in [1.82, 2.24) is 0 Å². The standard InChI is InChI=1S/C14H9BrCl2N2OS/c15-9-3-1-2-8(12(9)17)14(20)19-11-6-7(13(18)21)4-5-10(11)16/h1-6H,(H2,18,21)(H,19,20). The number of carbonyl (C=O) groups excluding carboxylic acids is 1. The summed E-state index contributed by atoms with van der Waals surface area (Å²) in [7, 11) is 0. The van der Waals surface area contributed by atoms with E-state index in [1.807, 2.05) is 0 Å². The second-order valence-corrected chi connectivity index (χ2v) is 6.19. The van der Waals surface area contributed by atoms with Gasteiger partial charge in [0, 0.05) is 10.0 Å².